The number of nitrogens with one attached hydrogen (secondary N) is 1. The minimum atomic E-state index is -3.93. The van der Waals surface area contributed by atoms with Crippen LogP contribution in [0.15, 0.2) is 23.1 Å². The summed E-state index contributed by atoms with van der Waals surface area (Å²) in [5.41, 5.74) is 0.165. The van der Waals surface area contributed by atoms with E-state index < -0.39 is 9.05 Å². The Hall–Kier alpha value is -0.820. The molecule has 1 unspecified atom stereocenters. The van der Waals surface area contributed by atoms with E-state index in [1.54, 1.807) is 0 Å². The van der Waals surface area contributed by atoms with Crippen molar-refractivity contribution in [3.8, 4) is 0 Å². The van der Waals surface area contributed by atoms with Gasteiger partial charge in [-0.1, -0.05) is 11.6 Å². The minimum Gasteiger partial charge on any atom is -0.381 e. The van der Waals surface area contributed by atoms with Gasteiger partial charge >= 0.3 is 0 Å². The normalized spacial score (nSPS) is 19.2. The van der Waals surface area contributed by atoms with Gasteiger partial charge in [0.1, 0.15) is 0 Å². The number of hydrogen-bond donors (Lipinski definition) is 1. The Kier molecular flexibility index (Phi) is 5.48. The summed E-state index contributed by atoms with van der Waals surface area (Å²) < 4.78 is 28.0. The van der Waals surface area contributed by atoms with Gasteiger partial charge in [-0.05, 0) is 37.0 Å². The van der Waals surface area contributed by atoms with Gasteiger partial charge in [0.25, 0.3) is 15.0 Å². The van der Waals surface area contributed by atoms with Gasteiger partial charge in [-0.15, -0.1) is 0 Å². The van der Waals surface area contributed by atoms with Crippen LogP contribution in [0, 0.1) is 5.92 Å². The summed E-state index contributed by atoms with van der Waals surface area (Å²) in [5, 5.41) is 2.90. The van der Waals surface area contributed by atoms with Crippen molar-refractivity contribution in [2.45, 2.75) is 17.7 Å². The van der Waals surface area contributed by atoms with E-state index in [0.717, 1.165) is 19.4 Å². The van der Waals surface area contributed by atoms with Crippen LogP contribution in [0.25, 0.3) is 0 Å². The predicted molar refractivity (Wildman–Crippen MR) is 80.4 cm³/mol. The van der Waals surface area contributed by atoms with Crippen LogP contribution in [-0.2, 0) is 13.8 Å². The van der Waals surface area contributed by atoms with Crippen molar-refractivity contribution in [1.82, 2.24) is 5.32 Å². The molecular formula is C13H15Cl2NO4S. The molecule has 1 heterocycles. The first-order valence-electron chi connectivity index (χ1n) is 6.47. The second-order valence-electron chi connectivity index (χ2n) is 4.91. The van der Waals surface area contributed by atoms with E-state index in [1.165, 1.54) is 18.2 Å². The van der Waals surface area contributed by atoms with Crippen LogP contribution >= 0.6 is 22.3 Å². The molecule has 1 aromatic rings. The number of halogens is 2. The molecule has 1 aliphatic rings. The van der Waals surface area contributed by atoms with Gasteiger partial charge in [0, 0.05) is 34.4 Å². The number of carbonyl (C=O) groups excluding carboxylic acids is 1. The van der Waals surface area contributed by atoms with E-state index in [4.69, 9.17) is 27.0 Å². The first kappa shape index (κ1) is 16.5. The Morgan fingerprint density at radius 3 is 2.76 bits per heavy atom. The molecule has 0 spiro atoms. The fraction of sp³-hybridized carbons (Fsp3) is 0.462. The summed E-state index contributed by atoms with van der Waals surface area (Å²) in [4.78, 5) is 11.9. The average Bonchev–Trinajstić information content (AvgIpc) is 2.44. The van der Waals surface area contributed by atoms with E-state index in [2.05, 4.69) is 5.32 Å². The maximum atomic E-state index is 12.1. The number of ether oxygens (including phenoxy) is 1. The van der Waals surface area contributed by atoms with Gasteiger partial charge in [0.05, 0.1) is 11.5 Å². The molecular weight excluding hydrogens is 337 g/mol. The van der Waals surface area contributed by atoms with Gasteiger partial charge in [-0.3, -0.25) is 4.79 Å². The summed E-state index contributed by atoms with van der Waals surface area (Å²) in [7, 11) is 1.34. The van der Waals surface area contributed by atoms with Crippen LogP contribution < -0.4 is 5.32 Å². The highest BCUT2D eigenvalue weighted by molar-refractivity contribution is 8.13. The lowest BCUT2D eigenvalue weighted by atomic mass is 10.0. The van der Waals surface area contributed by atoms with Crippen molar-refractivity contribution in [1.29, 1.82) is 0 Å². The molecule has 1 atom stereocenters. The van der Waals surface area contributed by atoms with E-state index in [9.17, 15) is 13.2 Å². The number of hydrogen-bond acceptors (Lipinski definition) is 4. The molecule has 8 heteroatoms. The van der Waals surface area contributed by atoms with Crippen molar-refractivity contribution in [3.05, 3.63) is 28.8 Å². The Labute approximate surface area is 133 Å². The Balaban J connectivity index is 2.06. The molecule has 0 radical (unpaired) electrons. The quantitative estimate of drug-likeness (QED) is 0.845. The van der Waals surface area contributed by atoms with Crippen molar-refractivity contribution >= 4 is 37.2 Å². The molecule has 1 saturated heterocycles. The number of rotatable bonds is 4. The molecule has 0 bridgehead atoms. The molecule has 0 aliphatic carbocycles. The molecule has 2 rings (SSSR count). The molecule has 1 fully saturated rings. The molecule has 5 nitrogen and oxygen atoms in total. The zero-order chi connectivity index (χ0) is 15.5. The van der Waals surface area contributed by atoms with Crippen molar-refractivity contribution in [2.24, 2.45) is 5.92 Å². The van der Waals surface area contributed by atoms with E-state index in [-0.39, 0.29) is 27.3 Å². The highest BCUT2D eigenvalue weighted by atomic mass is 35.7. The predicted octanol–water partition coefficient (Wildman–Crippen LogP) is 2.42. The van der Waals surface area contributed by atoms with E-state index in [0.29, 0.717) is 13.2 Å². The summed E-state index contributed by atoms with van der Waals surface area (Å²) in [6, 6.07) is 3.82. The minimum absolute atomic E-state index is 0.142. The number of carbonyl (C=O) groups is 1. The smallest absolute Gasteiger partial charge is 0.261 e. The van der Waals surface area contributed by atoms with E-state index >= 15 is 0 Å². The number of amides is 1. The van der Waals surface area contributed by atoms with Crippen LogP contribution in [0.1, 0.15) is 23.2 Å². The Bertz CT molecular complexity index is 627. The third kappa shape index (κ3) is 4.85. The van der Waals surface area contributed by atoms with Crippen molar-refractivity contribution < 1.29 is 17.9 Å². The monoisotopic (exact) mass is 351 g/mol. The molecule has 1 aromatic carbocycles. The zero-order valence-electron chi connectivity index (χ0n) is 11.1. The summed E-state index contributed by atoms with van der Waals surface area (Å²) in [5.74, 6) is -0.109. The molecule has 1 amide bonds. The largest absolute Gasteiger partial charge is 0.381 e. The fourth-order valence-electron chi connectivity index (χ4n) is 2.14. The third-order valence-electron chi connectivity index (χ3n) is 3.22. The lowest BCUT2D eigenvalue weighted by Gasteiger charge is -2.22. The van der Waals surface area contributed by atoms with Gasteiger partial charge in [0.15, 0.2) is 0 Å². The standard InChI is InChI=1S/C13H15Cl2NO4S/c14-11-4-10(5-12(6-11)21(15,18)19)13(17)16-7-9-2-1-3-20-8-9/h4-6,9H,1-3,7-8H2,(H,16,17). The fourth-order valence-corrected chi connectivity index (χ4v) is 3.24. The average molecular weight is 352 g/mol. The highest BCUT2D eigenvalue weighted by Crippen LogP contribution is 2.22. The first-order valence-corrected chi connectivity index (χ1v) is 9.16. The van der Waals surface area contributed by atoms with Crippen LogP contribution in [0.4, 0.5) is 0 Å². The summed E-state index contributed by atoms with van der Waals surface area (Å²) in [6.45, 7) is 1.86. The van der Waals surface area contributed by atoms with Gasteiger partial charge in [0.2, 0.25) is 0 Å². The van der Waals surface area contributed by atoms with Crippen molar-refractivity contribution in [2.75, 3.05) is 19.8 Å². The van der Waals surface area contributed by atoms with Crippen molar-refractivity contribution in [3.63, 3.8) is 0 Å². The summed E-state index contributed by atoms with van der Waals surface area (Å²) >= 11 is 5.83. The molecule has 0 aromatic heterocycles. The molecule has 1 N–H and O–H groups in total. The molecule has 1 aliphatic heterocycles. The van der Waals surface area contributed by atoms with Crippen LogP contribution in [0.3, 0.4) is 0 Å². The van der Waals surface area contributed by atoms with Crippen LogP contribution in [-0.4, -0.2) is 34.1 Å². The van der Waals surface area contributed by atoms with Gasteiger partial charge < -0.3 is 10.1 Å². The SMILES string of the molecule is O=C(NCC1CCCOC1)c1cc(Cl)cc(S(=O)(=O)Cl)c1. The Morgan fingerprint density at radius 2 is 2.14 bits per heavy atom. The second-order valence-corrected chi connectivity index (χ2v) is 7.91. The summed E-state index contributed by atoms with van der Waals surface area (Å²) in [6.07, 6.45) is 1.98. The van der Waals surface area contributed by atoms with Crippen LogP contribution in [0.5, 0.6) is 0 Å². The first-order chi connectivity index (χ1) is 9.86. The van der Waals surface area contributed by atoms with Gasteiger partial charge in [-0.2, -0.15) is 0 Å². The lowest BCUT2D eigenvalue weighted by molar-refractivity contribution is 0.0536. The van der Waals surface area contributed by atoms with Crippen LogP contribution in [0.2, 0.25) is 5.02 Å². The topological polar surface area (TPSA) is 72.5 Å². The van der Waals surface area contributed by atoms with E-state index in [1.807, 2.05) is 0 Å². The second kappa shape index (κ2) is 6.96. The molecule has 0 saturated carbocycles. The number of benzene rings is 1. The molecule has 116 valence electrons. The maximum Gasteiger partial charge on any atom is 0.261 e. The molecule has 21 heavy (non-hydrogen) atoms. The maximum absolute atomic E-state index is 12.1. The van der Waals surface area contributed by atoms with Gasteiger partial charge in [-0.25, -0.2) is 8.42 Å². The zero-order valence-corrected chi connectivity index (χ0v) is 13.5. The lowest BCUT2D eigenvalue weighted by Crippen LogP contribution is -2.33. The third-order valence-corrected chi connectivity index (χ3v) is 4.77. The Morgan fingerprint density at radius 1 is 1.38 bits per heavy atom. The highest BCUT2D eigenvalue weighted by Gasteiger charge is 2.18.